The van der Waals surface area contributed by atoms with Crippen LogP contribution < -0.4 is 10.9 Å². The third-order valence-corrected chi connectivity index (χ3v) is 4.14. The molecule has 0 fully saturated rings. The minimum atomic E-state index is -0.318. The molecule has 0 saturated carbocycles. The first-order chi connectivity index (χ1) is 11.7. The molecule has 0 unspecified atom stereocenters. The van der Waals surface area contributed by atoms with Gasteiger partial charge in [0.05, 0.1) is 24.4 Å². The summed E-state index contributed by atoms with van der Waals surface area (Å²) in [6, 6.07) is 8.55. The van der Waals surface area contributed by atoms with Gasteiger partial charge in [0.15, 0.2) is 4.96 Å². The number of thiazole rings is 1. The molecule has 7 heteroatoms. The summed E-state index contributed by atoms with van der Waals surface area (Å²) in [5.74, 6) is -0.318. The van der Waals surface area contributed by atoms with Crippen molar-refractivity contribution in [3.8, 4) is 0 Å². The third-order valence-electron chi connectivity index (χ3n) is 3.39. The fourth-order valence-corrected chi connectivity index (χ4v) is 2.91. The maximum absolute atomic E-state index is 11.9. The summed E-state index contributed by atoms with van der Waals surface area (Å²) in [6.45, 7) is 2.81. The zero-order chi connectivity index (χ0) is 16.9. The first-order valence-electron chi connectivity index (χ1n) is 7.64. The molecule has 0 amide bonds. The summed E-state index contributed by atoms with van der Waals surface area (Å²) < 4.78 is 6.61. The van der Waals surface area contributed by atoms with Crippen molar-refractivity contribution < 1.29 is 9.53 Å². The van der Waals surface area contributed by atoms with Gasteiger partial charge in [0.1, 0.15) is 0 Å². The molecule has 0 atom stereocenters. The lowest BCUT2D eigenvalue weighted by Crippen LogP contribution is -2.14. The SMILES string of the molecule is CCCOC(=O)c1ccc(NCc2cc(=O)n3ccsc3n2)cc1. The van der Waals surface area contributed by atoms with Gasteiger partial charge in [-0.3, -0.25) is 9.20 Å². The molecule has 1 aromatic carbocycles. The van der Waals surface area contributed by atoms with E-state index in [9.17, 15) is 9.59 Å². The number of carbonyl (C=O) groups is 1. The summed E-state index contributed by atoms with van der Waals surface area (Å²) >= 11 is 1.42. The van der Waals surface area contributed by atoms with Crippen LogP contribution in [-0.4, -0.2) is 22.0 Å². The number of hydrogen-bond acceptors (Lipinski definition) is 6. The van der Waals surface area contributed by atoms with Gasteiger partial charge in [-0.25, -0.2) is 9.78 Å². The maximum atomic E-state index is 11.9. The number of carbonyl (C=O) groups excluding carboxylic acids is 1. The van der Waals surface area contributed by atoms with Crippen LogP contribution in [0.2, 0.25) is 0 Å². The van der Waals surface area contributed by atoms with E-state index >= 15 is 0 Å². The smallest absolute Gasteiger partial charge is 0.338 e. The number of nitrogens with zero attached hydrogens (tertiary/aromatic N) is 2. The number of fused-ring (bicyclic) bond motifs is 1. The minimum absolute atomic E-state index is 0.0907. The first-order valence-corrected chi connectivity index (χ1v) is 8.52. The Morgan fingerprint density at radius 1 is 1.33 bits per heavy atom. The molecule has 2 heterocycles. The van der Waals surface area contributed by atoms with Crippen molar-refractivity contribution in [2.24, 2.45) is 0 Å². The average molecular weight is 343 g/mol. The van der Waals surface area contributed by atoms with Crippen molar-refractivity contribution in [2.45, 2.75) is 19.9 Å². The van der Waals surface area contributed by atoms with Gasteiger partial charge in [0, 0.05) is 23.3 Å². The molecule has 0 radical (unpaired) electrons. The van der Waals surface area contributed by atoms with Crippen LogP contribution in [0.3, 0.4) is 0 Å². The Labute approximate surface area is 142 Å². The van der Waals surface area contributed by atoms with E-state index in [0.717, 1.165) is 12.1 Å². The lowest BCUT2D eigenvalue weighted by Gasteiger charge is -2.07. The fraction of sp³-hybridized carbons (Fsp3) is 0.235. The van der Waals surface area contributed by atoms with Gasteiger partial charge in [-0.2, -0.15) is 0 Å². The Hall–Kier alpha value is -2.67. The Kier molecular flexibility index (Phi) is 4.90. The normalized spacial score (nSPS) is 10.7. The van der Waals surface area contributed by atoms with Crippen molar-refractivity contribution in [1.82, 2.24) is 9.38 Å². The molecule has 0 aliphatic heterocycles. The van der Waals surface area contributed by atoms with E-state index in [4.69, 9.17) is 4.74 Å². The summed E-state index contributed by atoms with van der Waals surface area (Å²) in [6.07, 6.45) is 2.51. The molecule has 2 aromatic heterocycles. The molecule has 3 rings (SSSR count). The summed E-state index contributed by atoms with van der Waals surface area (Å²) in [5, 5.41) is 5.03. The first kappa shape index (κ1) is 16.2. The number of nitrogens with one attached hydrogen (secondary N) is 1. The topological polar surface area (TPSA) is 72.7 Å². The predicted molar refractivity (Wildman–Crippen MR) is 93.7 cm³/mol. The van der Waals surface area contributed by atoms with Gasteiger partial charge in [-0.05, 0) is 30.7 Å². The summed E-state index contributed by atoms with van der Waals surface area (Å²) in [5.41, 5.74) is 1.95. The quantitative estimate of drug-likeness (QED) is 0.697. The Balaban J connectivity index is 1.65. The lowest BCUT2D eigenvalue weighted by molar-refractivity contribution is 0.0505. The molecule has 3 aromatic rings. The van der Waals surface area contributed by atoms with Crippen molar-refractivity contribution >= 4 is 28.0 Å². The zero-order valence-corrected chi connectivity index (χ0v) is 14.0. The Morgan fingerprint density at radius 2 is 2.12 bits per heavy atom. The minimum Gasteiger partial charge on any atom is -0.462 e. The summed E-state index contributed by atoms with van der Waals surface area (Å²) in [7, 11) is 0. The molecular formula is C17H17N3O3S. The van der Waals surface area contributed by atoms with E-state index in [1.807, 2.05) is 12.3 Å². The van der Waals surface area contributed by atoms with Gasteiger partial charge < -0.3 is 10.1 Å². The van der Waals surface area contributed by atoms with E-state index in [2.05, 4.69) is 10.3 Å². The highest BCUT2D eigenvalue weighted by Crippen LogP contribution is 2.12. The number of benzene rings is 1. The number of hydrogen-bond donors (Lipinski definition) is 1. The number of anilines is 1. The van der Waals surface area contributed by atoms with E-state index in [1.165, 1.54) is 21.8 Å². The fourth-order valence-electron chi connectivity index (χ4n) is 2.17. The average Bonchev–Trinajstić information content (AvgIpc) is 3.07. The lowest BCUT2D eigenvalue weighted by atomic mass is 10.2. The van der Waals surface area contributed by atoms with Crippen LogP contribution in [0.1, 0.15) is 29.4 Å². The van der Waals surface area contributed by atoms with Crippen molar-refractivity contribution in [3.05, 3.63) is 63.5 Å². The molecule has 124 valence electrons. The molecule has 0 saturated heterocycles. The van der Waals surface area contributed by atoms with E-state index < -0.39 is 0 Å². The maximum Gasteiger partial charge on any atom is 0.338 e. The highest BCUT2D eigenvalue weighted by molar-refractivity contribution is 7.15. The molecule has 0 aliphatic carbocycles. The highest BCUT2D eigenvalue weighted by atomic mass is 32.1. The molecular weight excluding hydrogens is 326 g/mol. The standard InChI is InChI=1S/C17H17N3O3S/c1-2-8-23-16(22)12-3-5-13(6-4-12)18-11-14-10-15(21)20-7-9-24-17(20)19-14/h3-7,9-10,18H,2,8,11H2,1H3. The molecule has 24 heavy (non-hydrogen) atoms. The third kappa shape index (κ3) is 3.62. The Morgan fingerprint density at radius 3 is 2.88 bits per heavy atom. The van der Waals surface area contributed by atoms with Gasteiger partial charge in [-0.15, -0.1) is 11.3 Å². The van der Waals surface area contributed by atoms with Crippen LogP contribution in [0.5, 0.6) is 0 Å². The largest absolute Gasteiger partial charge is 0.462 e. The van der Waals surface area contributed by atoms with Crippen LogP contribution >= 0.6 is 11.3 Å². The second kappa shape index (κ2) is 7.27. The van der Waals surface area contributed by atoms with Crippen LogP contribution in [-0.2, 0) is 11.3 Å². The van der Waals surface area contributed by atoms with Gasteiger partial charge in [0.2, 0.25) is 0 Å². The Bertz CT molecular complexity index is 899. The van der Waals surface area contributed by atoms with Crippen LogP contribution in [0, 0.1) is 0 Å². The molecule has 6 nitrogen and oxygen atoms in total. The number of esters is 1. The van der Waals surface area contributed by atoms with Gasteiger partial charge in [-0.1, -0.05) is 6.92 Å². The highest BCUT2D eigenvalue weighted by Gasteiger charge is 2.07. The molecule has 0 bridgehead atoms. The van der Waals surface area contributed by atoms with Gasteiger partial charge in [0.25, 0.3) is 5.56 Å². The molecule has 0 aliphatic rings. The second-order valence-electron chi connectivity index (χ2n) is 5.21. The van der Waals surface area contributed by atoms with Crippen molar-refractivity contribution in [3.63, 3.8) is 0 Å². The second-order valence-corrected chi connectivity index (χ2v) is 6.08. The number of aromatic nitrogens is 2. The van der Waals surface area contributed by atoms with Crippen molar-refractivity contribution in [1.29, 1.82) is 0 Å². The van der Waals surface area contributed by atoms with Gasteiger partial charge >= 0.3 is 5.97 Å². The summed E-state index contributed by atoms with van der Waals surface area (Å²) in [4.78, 5) is 28.8. The van der Waals surface area contributed by atoms with E-state index in [-0.39, 0.29) is 11.5 Å². The van der Waals surface area contributed by atoms with Crippen LogP contribution in [0.15, 0.2) is 46.7 Å². The predicted octanol–water partition coefficient (Wildman–Crippen LogP) is 2.93. The van der Waals surface area contributed by atoms with Crippen LogP contribution in [0.25, 0.3) is 4.96 Å². The monoisotopic (exact) mass is 343 g/mol. The number of rotatable bonds is 6. The number of ether oxygens (including phenoxy) is 1. The van der Waals surface area contributed by atoms with E-state index in [0.29, 0.717) is 29.4 Å². The van der Waals surface area contributed by atoms with Crippen LogP contribution in [0.4, 0.5) is 5.69 Å². The van der Waals surface area contributed by atoms with E-state index in [1.54, 1.807) is 30.5 Å². The molecule has 0 spiro atoms. The molecule has 1 N–H and O–H groups in total. The zero-order valence-electron chi connectivity index (χ0n) is 13.2. The van der Waals surface area contributed by atoms with Crippen molar-refractivity contribution in [2.75, 3.05) is 11.9 Å².